The standard InChI is InChI=1S/C30H38FNO5/c1-4-6-8-20(9-7-5-2)25(31)18-32-17-24(22-12-15-26-27(16-22)37-19-36-26)28(30(33)34)29(32)21-10-13-23(35-3)14-11-21/h10-16,24,28-29H,4-9,17-19H2,1-3H3,(H,33,34). The quantitative estimate of drug-likeness (QED) is 0.335. The maximum Gasteiger partial charge on any atom is 0.309 e. The molecule has 1 N–H and O–H groups in total. The predicted octanol–water partition coefficient (Wildman–Crippen LogP) is 6.87. The van der Waals surface area contributed by atoms with Crippen LogP contribution in [0.2, 0.25) is 0 Å². The third-order valence-corrected chi connectivity index (χ3v) is 7.56. The molecule has 3 atom stereocenters. The molecule has 0 saturated carbocycles. The third kappa shape index (κ3) is 6.09. The Morgan fingerprint density at radius 1 is 1.03 bits per heavy atom. The lowest BCUT2D eigenvalue weighted by Gasteiger charge is -2.27. The molecule has 2 aliphatic rings. The topological polar surface area (TPSA) is 68.2 Å². The number of likely N-dealkylation sites (tertiary alicyclic amines) is 1. The van der Waals surface area contributed by atoms with Crippen LogP contribution in [0, 0.1) is 5.92 Å². The Hall–Kier alpha value is -3.06. The average molecular weight is 512 g/mol. The fourth-order valence-electron chi connectivity index (χ4n) is 5.54. The second kappa shape index (κ2) is 12.5. The summed E-state index contributed by atoms with van der Waals surface area (Å²) in [6.07, 6.45) is 5.41. The summed E-state index contributed by atoms with van der Waals surface area (Å²) in [6.45, 7) is 4.91. The summed E-state index contributed by atoms with van der Waals surface area (Å²) < 4.78 is 32.2. The zero-order chi connectivity index (χ0) is 26.4. The first-order chi connectivity index (χ1) is 18.0. The minimum absolute atomic E-state index is 0.101. The number of aliphatic carboxylic acids is 1. The molecule has 6 nitrogen and oxygen atoms in total. The summed E-state index contributed by atoms with van der Waals surface area (Å²) in [7, 11) is 1.60. The van der Waals surface area contributed by atoms with Gasteiger partial charge in [-0.1, -0.05) is 44.9 Å². The van der Waals surface area contributed by atoms with Gasteiger partial charge in [-0.05, 0) is 66.6 Å². The van der Waals surface area contributed by atoms with Crippen LogP contribution in [-0.2, 0) is 4.79 Å². The van der Waals surface area contributed by atoms with Crippen LogP contribution in [0.1, 0.15) is 75.5 Å². The molecule has 0 bridgehead atoms. The number of allylic oxidation sites excluding steroid dienone is 1. The summed E-state index contributed by atoms with van der Waals surface area (Å²) in [5, 5.41) is 10.5. The van der Waals surface area contributed by atoms with Gasteiger partial charge in [0.2, 0.25) is 6.79 Å². The molecule has 2 aliphatic heterocycles. The van der Waals surface area contributed by atoms with E-state index in [-0.39, 0.29) is 25.1 Å². The van der Waals surface area contributed by atoms with Crippen molar-refractivity contribution < 1.29 is 28.5 Å². The van der Waals surface area contributed by atoms with Gasteiger partial charge in [0.05, 0.1) is 19.6 Å². The Kier molecular flexibility index (Phi) is 9.09. The van der Waals surface area contributed by atoms with Crippen LogP contribution >= 0.6 is 0 Å². The van der Waals surface area contributed by atoms with Crippen molar-refractivity contribution in [1.29, 1.82) is 0 Å². The molecule has 0 amide bonds. The Labute approximate surface area is 219 Å². The molecule has 2 aromatic rings. The molecule has 0 radical (unpaired) electrons. The van der Waals surface area contributed by atoms with E-state index < -0.39 is 17.9 Å². The summed E-state index contributed by atoms with van der Waals surface area (Å²) >= 11 is 0. The summed E-state index contributed by atoms with van der Waals surface area (Å²) in [5.41, 5.74) is 2.57. The molecule has 4 rings (SSSR count). The maximum absolute atomic E-state index is 15.8. The van der Waals surface area contributed by atoms with Gasteiger partial charge in [-0.15, -0.1) is 0 Å². The lowest BCUT2D eigenvalue weighted by Crippen LogP contribution is -2.30. The number of rotatable bonds is 12. The van der Waals surface area contributed by atoms with Crippen molar-refractivity contribution in [2.45, 2.75) is 64.3 Å². The van der Waals surface area contributed by atoms with E-state index in [1.807, 2.05) is 47.4 Å². The molecule has 2 aromatic carbocycles. The number of ether oxygens (including phenoxy) is 3. The zero-order valence-electron chi connectivity index (χ0n) is 22.0. The van der Waals surface area contributed by atoms with E-state index in [4.69, 9.17) is 14.2 Å². The highest BCUT2D eigenvalue weighted by atomic mass is 19.1. The normalized spacial score (nSPS) is 20.7. The number of benzene rings is 2. The van der Waals surface area contributed by atoms with Crippen LogP contribution in [0.5, 0.6) is 17.2 Å². The van der Waals surface area contributed by atoms with Crippen LogP contribution in [-0.4, -0.2) is 43.0 Å². The van der Waals surface area contributed by atoms with Crippen molar-refractivity contribution in [1.82, 2.24) is 4.90 Å². The Bertz CT molecular complexity index is 1090. The molecule has 0 aromatic heterocycles. The smallest absolute Gasteiger partial charge is 0.309 e. The molecule has 1 saturated heterocycles. The number of nitrogens with zero attached hydrogens (tertiary/aromatic N) is 1. The number of unbranched alkanes of at least 4 members (excludes halogenated alkanes) is 2. The van der Waals surface area contributed by atoms with Gasteiger partial charge < -0.3 is 19.3 Å². The third-order valence-electron chi connectivity index (χ3n) is 7.56. The minimum Gasteiger partial charge on any atom is -0.497 e. The van der Waals surface area contributed by atoms with Gasteiger partial charge in [0.1, 0.15) is 11.6 Å². The molecule has 7 heteroatoms. The van der Waals surface area contributed by atoms with Gasteiger partial charge in [-0.25, -0.2) is 4.39 Å². The van der Waals surface area contributed by atoms with E-state index in [0.717, 1.165) is 55.2 Å². The number of hydrogen-bond donors (Lipinski definition) is 1. The van der Waals surface area contributed by atoms with Crippen molar-refractivity contribution >= 4 is 5.97 Å². The lowest BCUT2D eigenvalue weighted by atomic mass is 9.82. The number of fused-ring (bicyclic) bond motifs is 1. The first kappa shape index (κ1) is 27.0. The van der Waals surface area contributed by atoms with E-state index in [1.54, 1.807) is 7.11 Å². The highest BCUT2D eigenvalue weighted by Gasteiger charge is 2.47. The summed E-state index contributed by atoms with van der Waals surface area (Å²) in [5.74, 6) is -0.127. The fraction of sp³-hybridized carbons (Fsp3) is 0.500. The van der Waals surface area contributed by atoms with Crippen molar-refractivity contribution in [3.8, 4) is 17.2 Å². The lowest BCUT2D eigenvalue weighted by molar-refractivity contribution is -0.143. The molecule has 0 spiro atoms. The van der Waals surface area contributed by atoms with Crippen LogP contribution in [0.15, 0.2) is 53.9 Å². The van der Waals surface area contributed by atoms with E-state index >= 15 is 4.39 Å². The second-order valence-corrected chi connectivity index (χ2v) is 9.95. The van der Waals surface area contributed by atoms with Crippen LogP contribution in [0.4, 0.5) is 4.39 Å². The van der Waals surface area contributed by atoms with Crippen molar-refractivity contribution in [2.24, 2.45) is 5.92 Å². The van der Waals surface area contributed by atoms with Crippen LogP contribution < -0.4 is 14.2 Å². The Morgan fingerprint density at radius 2 is 1.68 bits per heavy atom. The van der Waals surface area contributed by atoms with Gasteiger partial charge in [0, 0.05) is 18.5 Å². The first-order valence-corrected chi connectivity index (χ1v) is 13.3. The monoisotopic (exact) mass is 511 g/mol. The molecule has 37 heavy (non-hydrogen) atoms. The van der Waals surface area contributed by atoms with Crippen molar-refractivity contribution in [3.63, 3.8) is 0 Å². The van der Waals surface area contributed by atoms with E-state index in [1.165, 1.54) is 0 Å². The Balaban J connectivity index is 1.72. The summed E-state index contributed by atoms with van der Waals surface area (Å²) in [6, 6.07) is 12.6. The molecular formula is C30H38FNO5. The molecule has 200 valence electrons. The molecule has 1 fully saturated rings. The maximum atomic E-state index is 15.8. The number of halogens is 1. The Morgan fingerprint density at radius 3 is 2.30 bits per heavy atom. The zero-order valence-corrected chi connectivity index (χ0v) is 22.0. The molecular weight excluding hydrogens is 473 g/mol. The largest absolute Gasteiger partial charge is 0.497 e. The molecule has 3 unspecified atom stereocenters. The number of hydrogen-bond acceptors (Lipinski definition) is 5. The second-order valence-electron chi connectivity index (χ2n) is 9.95. The van der Waals surface area contributed by atoms with Crippen molar-refractivity contribution in [2.75, 3.05) is 27.0 Å². The highest BCUT2D eigenvalue weighted by Crippen LogP contribution is 2.48. The SMILES string of the molecule is CCCCC(CCCC)=C(F)CN1CC(c2ccc3c(c2)OCO3)C(C(=O)O)C1c1ccc(OC)cc1. The number of carbonyl (C=O) groups is 1. The number of carboxylic acids is 1. The van der Waals surface area contributed by atoms with Crippen LogP contribution in [0.3, 0.4) is 0 Å². The minimum atomic E-state index is -0.896. The van der Waals surface area contributed by atoms with E-state index in [2.05, 4.69) is 13.8 Å². The van der Waals surface area contributed by atoms with Gasteiger partial charge in [-0.3, -0.25) is 9.69 Å². The first-order valence-electron chi connectivity index (χ1n) is 13.3. The van der Waals surface area contributed by atoms with Gasteiger partial charge in [0.25, 0.3) is 0 Å². The summed E-state index contributed by atoms with van der Waals surface area (Å²) in [4.78, 5) is 14.8. The number of methoxy groups -OCH3 is 1. The van der Waals surface area contributed by atoms with Gasteiger partial charge >= 0.3 is 5.97 Å². The highest BCUT2D eigenvalue weighted by molar-refractivity contribution is 5.74. The van der Waals surface area contributed by atoms with E-state index in [9.17, 15) is 9.90 Å². The number of carboxylic acid groups (broad SMARTS) is 1. The molecule has 2 heterocycles. The van der Waals surface area contributed by atoms with Gasteiger partial charge in [0.15, 0.2) is 11.5 Å². The van der Waals surface area contributed by atoms with Gasteiger partial charge in [-0.2, -0.15) is 0 Å². The van der Waals surface area contributed by atoms with E-state index in [0.29, 0.717) is 23.8 Å². The van der Waals surface area contributed by atoms with Crippen molar-refractivity contribution in [3.05, 3.63) is 65.0 Å². The average Bonchev–Trinajstić information content (AvgIpc) is 3.53. The fourth-order valence-corrected chi connectivity index (χ4v) is 5.54. The predicted molar refractivity (Wildman–Crippen MR) is 141 cm³/mol. The van der Waals surface area contributed by atoms with Crippen LogP contribution in [0.25, 0.3) is 0 Å². The molecule has 0 aliphatic carbocycles.